The highest BCUT2D eigenvalue weighted by atomic mass is 19.4. The van der Waals surface area contributed by atoms with Crippen LogP contribution in [0.25, 0.3) is 0 Å². The highest BCUT2D eigenvalue weighted by Crippen LogP contribution is 2.34. The van der Waals surface area contributed by atoms with E-state index >= 15 is 0 Å². The van der Waals surface area contributed by atoms with Crippen molar-refractivity contribution in [1.82, 2.24) is 9.78 Å². The van der Waals surface area contributed by atoms with Crippen LogP contribution in [-0.2, 0) is 11.7 Å². The number of carbonyl (C=O) groups is 2. The largest absolute Gasteiger partial charge is 0.416 e. The summed E-state index contributed by atoms with van der Waals surface area (Å²) in [5.74, 6) is -1.33. The van der Waals surface area contributed by atoms with Crippen LogP contribution in [0.4, 0.5) is 18.9 Å². The lowest BCUT2D eigenvalue weighted by Crippen LogP contribution is -2.52. The van der Waals surface area contributed by atoms with Crippen LogP contribution in [0.3, 0.4) is 0 Å². The van der Waals surface area contributed by atoms with Crippen LogP contribution in [-0.4, -0.2) is 28.1 Å². The van der Waals surface area contributed by atoms with Crippen molar-refractivity contribution < 1.29 is 22.8 Å². The van der Waals surface area contributed by atoms with E-state index in [1.165, 1.54) is 27.9 Å². The second-order valence-corrected chi connectivity index (χ2v) is 6.43. The number of anilines is 1. The predicted molar refractivity (Wildman–Crippen MR) is 83.2 cm³/mol. The summed E-state index contributed by atoms with van der Waals surface area (Å²) < 4.78 is 39.6. The quantitative estimate of drug-likeness (QED) is 0.901. The molecule has 0 radical (unpaired) electrons. The number of hydrogen-bond donors (Lipinski definition) is 1. The summed E-state index contributed by atoms with van der Waals surface area (Å²) in [5.41, 5.74) is 4.14. The van der Waals surface area contributed by atoms with Crippen LogP contribution < -0.4 is 10.6 Å². The van der Waals surface area contributed by atoms with Crippen molar-refractivity contribution in [2.45, 2.75) is 25.6 Å². The SMILES string of the molecule is CC1(C)CN(c2ccc(C(F)(F)F)cc2)C(=O)c2c(C(N)=O)cnn21. The van der Waals surface area contributed by atoms with Gasteiger partial charge in [-0.3, -0.25) is 14.3 Å². The molecule has 2 amide bonds. The third kappa shape index (κ3) is 2.75. The topological polar surface area (TPSA) is 81.2 Å². The van der Waals surface area contributed by atoms with Gasteiger partial charge < -0.3 is 10.6 Å². The number of nitrogens with two attached hydrogens (primary N) is 1. The lowest BCUT2D eigenvalue weighted by Gasteiger charge is -2.39. The van der Waals surface area contributed by atoms with Gasteiger partial charge in [-0.2, -0.15) is 18.3 Å². The number of aromatic nitrogens is 2. The molecule has 0 bridgehead atoms. The molecule has 25 heavy (non-hydrogen) atoms. The maximum atomic E-state index is 12.8. The van der Waals surface area contributed by atoms with Crippen molar-refractivity contribution >= 4 is 17.5 Å². The fourth-order valence-electron chi connectivity index (χ4n) is 2.89. The summed E-state index contributed by atoms with van der Waals surface area (Å²) >= 11 is 0. The van der Waals surface area contributed by atoms with Crippen molar-refractivity contribution in [3.05, 3.63) is 47.3 Å². The monoisotopic (exact) mass is 352 g/mol. The Kier molecular flexibility index (Phi) is 3.63. The molecule has 2 N–H and O–H groups in total. The van der Waals surface area contributed by atoms with Gasteiger partial charge in [0, 0.05) is 5.69 Å². The number of alkyl halides is 3. The molecular formula is C16H15F3N4O2. The highest BCUT2D eigenvalue weighted by molar-refractivity contribution is 6.12. The number of nitrogens with zero attached hydrogens (tertiary/aromatic N) is 3. The molecule has 1 aliphatic heterocycles. The molecule has 6 nitrogen and oxygen atoms in total. The van der Waals surface area contributed by atoms with Gasteiger partial charge in [-0.25, -0.2) is 0 Å². The first-order valence-corrected chi connectivity index (χ1v) is 7.40. The van der Waals surface area contributed by atoms with Gasteiger partial charge in [0.05, 0.1) is 29.4 Å². The molecule has 0 aliphatic carbocycles. The zero-order chi connectivity index (χ0) is 18.6. The molecule has 0 saturated carbocycles. The van der Waals surface area contributed by atoms with Gasteiger partial charge >= 0.3 is 6.18 Å². The maximum absolute atomic E-state index is 12.8. The van der Waals surface area contributed by atoms with E-state index < -0.39 is 29.1 Å². The highest BCUT2D eigenvalue weighted by Gasteiger charge is 2.41. The van der Waals surface area contributed by atoms with E-state index in [9.17, 15) is 22.8 Å². The third-order valence-electron chi connectivity index (χ3n) is 4.11. The van der Waals surface area contributed by atoms with Crippen molar-refractivity contribution in [2.24, 2.45) is 5.73 Å². The van der Waals surface area contributed by atoms with E-state index in [0.717, 1.165) is 12.1 Å². The fraction of sp³-hybridized carbons (Fsp3) is 0.312. The molecule has 1 aromatic heterocycles. The summed E-state index contributed by atoms with van der Waals surface area (Å²) in [7, 11) is 0. The van der Waals surface area contributed by atoms with Crippen molar-refractivity contribution in [3.63, 3.8) is 0 Å². The van der Waals surface area contributed by atoms with Crippen LogP contribution in [0.1, 0.15) is 40.3 Å². The lowest BCUT2D eigenvalue weighted by atomic mass is 9.99. The summed E-state index contributed by atoms with van der Waals surface area (Å²) in [6, 6.07) is 4.28. The Labute approximate surface area is 141 Å². The molecule has 132 valence electrons. The average molecular weight is 352 g/mol. The van der Waals surface area contributed by atoms with E-state index in [2.05, 4.69) is 5.10 Å². The Morgan fingerprint density at radius 1 is 1.24 bits per heavy atom. The van der Waals surface area contributed by atoms with E-state index in [1.807, 2.05) is 0 Å². The number of fused-ring (bicyclic) bond motifs is 1. The Hall–Kier alpha value is -2.84. The molecule has 2 heterocycles. The molecule has 3 rings (SSSR count). The zero-order valence-corrected chi connectivity index (χ0v) is 13.5. The van der Waals surface area contributed by atoms with E-state index in [0.29, 0.717) is 5.69 Å². The molecule has 1 aliphatic rings. The number of benzene rings is 1. The first-order chi connectivity index (χ1) is 11.5. The molecule has 0 unspecified atom stereocenters. The van der Waals surface area contributed by atoms with E-state index in [4.69, 9.17) is 5.73 Å². The van der Waals surface area contributed by atoms with Crippen LogP contribution in [0.2, 0.25) is 0 Å². The van der Waals surface area contributed by atoms with E-state index in [1.54, 1.807) is 13.8 Å². The second kappa shape index (κ2) is 5.33. The minimum atomic E-state index is -4.46. The van der Waals surface area contributed by atoms with Crippen LogP contribution in [0, 0.1) is 0 Å². The number of carbonyl (C=O) groups excluding carboxylic acids is 2. The number of hydrogen-bond acceptors (Lipinski definition) is 3. The smallest absolute Gasteiger partial charge is 0.365 e. The minimum Gasteiger partial charge on any atom is -0.365 e. The average Bonchev–Trinajstić information content (AvgIpc) is 2.97. The van der Waals surface area contributed by atoms with Crippen LogP contribution in [0.5, 0.6) is 0 Å². The van der Waals surface area contributed by atoms with Crippen molar-refractivity contribution in [1.29, 1.82) is 0 Å². The zero-order valence-electron chi connectivity index (χ0n) is 13.5. The number of halogens is 3. The van der Waals surface area contributed by atoms with Crippen molar-refractivity contribution in [3.8, 4) is 0 Å². The maximum Gasteiger partial charge on any atom is 0.416 e. The van der Waals surface area contributed by atoms with Gasteiger partial charge in [-0.1, -0.05) is 0 Å². The third-order valence-corrected chi connectivity index (χ3v) is 4.11. The lowest BCUT2D eigenvalue weighted by molar-refractivity contribution is -0.137. The Balaban J connectivity index is 2.06. The normalized spacial score (nSPS) is 16.7. The number of rotatable bonds is 2. The van der Waals surface area contributed by atoms with Gasteiger partial charge in [0.25, 0.3) is 11.8 Å². The molecule has 1 aromatic carbocycles. The van der Waals surface area contributed by atoms with Crippen LogP contribution >= 0.6 is 0 Å². The Morgan fingerprint density at radius 2 is 1.84 bits per heavy atom. The van der Waals surface area contributed by atoms with Crippen LogP contribution in [0.15, 0.2) is 30.5 Å². The molecule has 0 saturated heterocycles. The van der Waals surface area contributed by atoms with Gasteiger partial charge in [-0.15, -0.1) is 0 Å². The molecule has 2 aromatic rings. The van der Waals surface area contributed by atoms with Gasteiger partial charge in [0.2, 0.25) is 0 Å². The second-order valence-electron chi connectivity index (χ2n) is 6.43. The predicted octanol–water partition coefficient (Wildman–Crippen LogP) is 2.40. The number of primary amides is 1. The summed E-state index contributed by atoms with van der Waals surface area (Å²) in [6.45, 7) is 3.79. The first kappa shape index (κ1) is 17.0. The molecule has 9 heteroatoms. The van der Waals surface area contributed by atoms with E-state index in [-0.39, 0.29) is 17.8 Å². The Bertz CT molecular complexity index is 853. The first-order valence-electron chi connectivity index (χ1n) is 7.40. The summed E-state index contributed by atoms with van der Waals surface area (Å²) in [4.78, 5) is 25.7. The minimum absolute atomic E-state index is 0.0188. The summed E-state index contributed by atoms with van der Waals surface area (Å²) in [6.07, 6.45) is -3.23. The standard InChI is InChI=1S/C16H15F3N4O2/c1-15(2)8-22(10-5-3-9(4-6-10)16(17,18)19)14(25)12-11(13(20)24)7-21-23(12)15/h3-7H,8H2,1-2H3,(H2,20,24). The molecule has 0 fully saturated rings. The molecule has 0 spiro atoms. The number of amides is 2. The summed E-state index contributed by atoms with van der Waals surface area (Å²) in [5, 5.41) is 4.08. The molecular weight excluding hydrogens is 337 g/mol. The molecule has 0 atom stereocenters. The fourth-order valence-corrected chi connectivity index (χ4v) is 2.89. The van der Waals surface area contributed by atoms with Gasteiger partial charge in [-0.05, 0) is 38.1 Å². The van der Waals surface area contributed by atoms with Gasteiger partial charge in [0.1, 0.15) is 5.69 Å². The van der Waals surface area contributed by atoms with Gasteiger partial charge in [0.15, 0.2) is 0 Å². The van der Waals surface area contributed by atoms with Crippen molar-refractivity contribution in [2.75, 3.05) is 11.4 Å². The Morgan fingerprint density at radius 3 is 2.36 bits per heavy atom.